The van der Waals surface area contributed by atoms with Crippen LogP contribution in [0.5, 0.6) is 5.75 Å². The van der Waals surface area contributed by atoms with Crippen LogP contribution in [-0.2, 0) is 0 Å². The summed E-state index contributed by atoms with van der Waals surface area (Å²) in [6.07, 6.45) is 3.17. The van der Waals surface area contributed by atoms with Gasteiger partial charge in [-0.2, -0.15) is 5.10 Å². The maximum atomic E-state index is 12.2. The van der Waals surface area contributed by atoms with Crippen LogP contribution in [0.3, 0.4) is 0 Å². The molecule has 0 radical (unpaired) electrons. The topological polar surface area (TPSA) is 77.5 Å². The fourth-order valence-electron chi connectivity index (χ4n) is 2.18. The molecule has 2 aromatic carbocycles. The molecule has 0 saturated carbocycles. The molecule has 1 aromatic heterocycles. The lowest BCUT2D eigenvalue weighted by molar-refractivity contribution is 0.0956. The maximum absolute atomic E-state index is 12.2. The van der Waals surface area contributed by atoms with Gasteiger partial charge in [-0.1, -0.05) is 28.1 Å². The minimum atomic E-state index is -0.331. The minimum Gasteiger partial charge on any atom is -0.506 e. The summed E-state index contributed by atoms with van der Waals surface area (Å²) < 4.78 is 1.32. The van der Waals surface area contributed by atoms with Crippen molar-refractivity contribution >= 4 is 54.9 Å². The summed E-state index contributed by atoms with van der Waals surface area (Å²) in [5.41, 5.74) is 4.20. The summed E-state index contributed by atoms with van der Waals surface area (Å²) in [5.74, 6) is -0.277. The molecule has 1 amide bonds. The smallest absolute Gasteiger partial charge is 0.273 e. The lowest BCUT2D eigenvalue weighted by Gasteiger charge is -2.04. The molecule has 0 fully saturated rings. The molecule has 7 heteroatoms. The van der Waals surface area contributed by atoms with E-state index in [1.165, 1.54) is 6.21 Å². The Bertz CT molecular complexity index is 919. The zero-order valence-electron chi connectivity index (χ0n) is 11.7. The van der Waals surface area contributed by atoms with E-state index in [4.69, 9.17) is 0 Å². The number of aromatic hydroxyl groups is 1. The van der Waals surface area contributed by atoms with Gasteiger partial charge in [-0.3, -0.25) is 4.79 Å². The first-order chi connectivity index (χ1) is 11.1. The number of hydrazone groups is 1. The Morgan fingerprint density at radius 3 is 2.91 bits per heavy atom. The van der Waals surface area contributed by atoms with Crippen molar-refractivity contribution in [3.8, 4) is 5.75 Å². The van der Waals surface area contributed by atoms with E-state index in [0.29, 0.717) is 15.6 Å². The largest absolute Gasteiger partial charge is 0.506 e. The molecular formula is C16H11Br2N3O2. The predicted molar refractivity (Wildman–Crippen MR) is 96.9 cm³/mol. The standard InChI is InChI=1S/C16H11Br2N3O2/c17-11-6-10(15(22)13(18)7-11)8-20-21-16(23)12-3-1-2-9-4-5-19-14(9)12/h1-8,19,22H,(H,21,23)/b20-8-. The zero-order valence-corrected chi connectivity index (χ0v) is 14.8. The van der Waals surface area contributed by atoms with Crippen molar-refractivity contribution in [1.29, 1.82) is 0 Å². The normalized spacial score (nSPS) is 11.2. The van der Waals surface area contributed by atoms with Crippen LogP contribution in [0.25, 0.3) is 10.9 Å². The van der Waals surface area contributed by atoms with Crippen LogP contribution in [0.15, 0.2) is 56.6 Å². The summed E-state index contributed by atoms with van der Waals surface area (Å²) in [7, 11) is 0. The number of nitrogens with one attached hydrogen (secondary N) is 2. The fraction of sp³-hybridized carbons (Fsp3) is 0. The highest BCUT2D eigenvalue weighted by Gasteiger charge is 2.10. The van der Waals surface area contributed by atoms with E-state index >= 15 is 0 Å². The number of phenolic OH excluding ortho intramolecular Hbond substituents is 1. The second kappa shape index (κ2) is 6.55. The van der Waals surface area contributed by atoms with E-state index in [9.17, 15) is 9.90 Å². The highest BCUT2D eigenvalue weighted by molar-refractivity contribution is 9.11. The summed E-state index contributed by atoms with van der Waals surface area (Å²) in [4.78, 5) is 15.3. The van der Waals surface area contributed by atoms with Gasteiger partial charge in [-0.15, -0.1) is 0 Å². The number of amides is 1. The van der Waals surface area contributed by atoms with Crippen molar-refractivity contribution in [3.05, 3.63) is 62.7 Å². The zero-order chi connectivity index (χ0) is 16.4. The van der Waals surface area contributed by atoms with Gasteiger partial charge in [0.1, 0.15) is 5.75 Å². The van der Waals surface area contributed by atoms with Gasteiger partial charge in [0.05, 0.1) is 21.8 Å². The second-order valence-corrected chi connectivity index (χ2v) is 6.54. The molecule has 3 aromatic rings. The molecule has 0 atom stereocenters. The van der Waals surface area contributed by atoms with Crippen molar-refractivity contribution in [2.75, 3.05) is 0 Å². The highest BCUT2D eigenvalue weighted by Crippen LogP contribution is 2.30. The van der Waals surface area contributed by atoms with Crippen LogP contribution < -0.4 is 5.43 Å². The molecule has 0 unspecified atom stereocenters. The Morgan fingerprint density at radius 1 is 1.26 bits per heavy atom. The van der Waals surface area contributed by atoms with Crippen LogP contribution in [0.4, 0.5) is 0 Å². The van der Waals surface area contributed by atoms with Gasteiger partial charge in [0, 0.05) is 21.6 Å². The molecule has 0 spiro atoms. The average Bonchev–Trinajstić information content (AvgIpc) is 3.00. The van der Waals surface area contributed by atoms with Gasteiger partial charge >= 0.3 is 0 Å². The monoisotopic (exact) mass is 435 g/mol. The predicted octanol–water partition coefficient (Wildman–Crippen LogP) is 4.16. The molecule has 5 nitrogen and oxygen atoms in total. The Labute approximate surface area is 148 Å². The number of carbonyl (C=O) groups is 1. The number of hydrogen-bond donors (Lipinski definition) is 3. The van der Waals surface area contributed by atoms with Crippen molar-refractivity contribution in [1.82, 2.24) is 10.4 Å². The number of carbonyl (C=O) groups excluding carboxylic acids is 1. The van der Waals surface area contributed by atoms with Crippen LogP contribution in [0, 0.1) is 0 Å². The van der Waals surface area contributed by atoms with Crippen LogP contribution in [-0.4, -0.2) is 22.2 Å². The Balaban J connectivity index is 1.81. The fourth-order valence-corrected chi connectivity index (χ4v) is 3.44. The van der Waals surface area contributed by atoms with E-state index in [0.717, 1.165) is 15.4 Å². The van der Waals surface area contributed by atoms with Crippen molar-refractivity contribution in [2.24, 2.45) is 5.10 Å². The number of fused-ring (bicyclic) bond motifs is 1. The van der Waals surface area contributed by atoms with Gasteiger partial charge in [0.2, 0.25) is 0 Å². The Morgan fingerprint density at radius 2 is 2.09 bits per heavy atom. The molecule has 1 heterocycles. The van der Waals surface area contributed by atoms with E-state index < -0.39 is 0 Å². The number of rotatable bonds is 3. The van der Waals surface area contributed by atoms with E-state index in [-0.39, 0.29) is 11.7 Å². The third-order valence-electron chi connectivity index (χ3n) is 3.26. The molecule has 116 valence electrons. The van der Waals surface area contributed by atoms with Crippen LogP contribution >= 0.6 is 31.9 Å². The number of aromatic nitrogens is 1. The number of phenols is 1. The minimum absolute atomic E-state index is 0.0534. The van der Waals surface area contributed by atoms with E-state index in [1.807, 2.05) is 18.2 Å². The lowest BCUT2D eigenvalue weighted by Crippen LogP contribution is -2.18. The summed E-state index contributed by atoms with van der Waals surface area (Å²) in [5, 5.41) is 14.8. The molecule has 23 heavy (non-hydrogen) atoms. The summed E-state index contributed by atoms with van der Waals surface area (Å²) in [6, 6.07) is 10.8. The third-order valence-corrected chi connectivity index (χ3v) is 4.32. The molecule has 3 rings (SSSR count). The molecule has 0 saturated heterocycles. The molecule has 0 aliphatic carbocycles. The van der Waals surface area contributed by atoms with Crippen molar-refractivity contribution < 1.29 is 9.90 Å². The number of para-hydroxylation sites is 1. The van der Waals surface area contributed by atoms with Crippen molar-refractivity contribution in [3.63, 3.8) is 0 Å². The van der Waals surface area contributed by atoms with Crippen LogP contribution in [0.1, 0.15) is 15.9 Å². The van der Waals surface area contributed by atoms with E-state index in [2.05, 4.69) is 47.4 Å². The molecular weight excluding hydrogens is 426 g/mol. The van der Waals surface area contributed by atoms with Crippen LogP contribution in [0.2, 0.25) is 0 Å². The van der Waals surface area contributed by atoms with Gasteiger partial charge in [0.15, 0.2) is 0 Å². The number of halogens is 2. The first-order valence-corrected chi connectivity index (χ1v) is 8.22. The number of benzene rings is 2. The summed E-state index contributed by atoms with van der Waals surface area (Å²) >= 11 is 6.58. The summed E-state index contributed by atoms with van der Waals surface area (Å²) in [6.45, 7) is 0. The van der Waals surface area contributed by atoms with E-state index in [1.54, 1.807) is 24.4 Å². The Hall–Kier alpha value is -2.12. The van der Waals surface area contributed by atoms with Gasteiger partial charge in [-0.05, 0) is 40.2 Å². The number of hydrogen-bond acceptors (Lipinski definition) is 3. The van der Waals surface area contributed by atoms with Gasteiger partial charge < -0.3 is 10.1 Å². The quantitative estimate of drug-likeness (QED) is 0.425. The third kappa shape index (κ3) is 3.30. The number of H-pyrrole nitrogens is 1. The molecule has 0 bridgehead atoms. The van der Waals surface area contributed by atoms with Crippen molar-refractivity contribution in [2.45, 2.75) is 0 Å². The molecule has 0 aliphatic heterocycles. The highest BCUT2D eigenvalue weighted by atomic mass is 79.9. The van der Waals surface area contributed by atoms with Gasteiger partial charge in [-0.25, -0.2) is 5.43 Å². The molecule has 0 aliphatic rings. The second-order valence-electron chi connectivity index (χ2n) is 4.77. The number of nitrogens with zero attached hydrogens (tertiary/aromatic N) is 1. The number of aromatic amines is 1. The first-order valence-electron chi connectivity index (χ1n) is 6.64. The Kier molecular flexibility index (Phi) is 4.49. The SMILES string of the molecule is O=C(N/N=C\c1cc(Br)cc(Br)c1O)c1cccc2cc[nH]c12. The lowest BCUT2D eigenvalue weighted by atomic mass is 10.1. The van der Waals surface area contributed by atoms with Gasteiger partial charge in [0.25, 0.3) is 5.91 Å². The first kappa shape index (κ1) is 15.8. The average molecular weight is 437 g/mol. The maximum Gasteiger partial charge on any atom is 0.273 e. The molecule has 3 N–H and O–H groups in total.